The monoisotopic (exact) mass is 467 g/mol. The molecule has 0 fully saturated rings. The average molecular weight is 467 g/mol. The molecule has 0 spiro atoms. The summed E-state index contributed by atoms with van der Waals surface area (Å²) in [5, 5.41) is 10.3. The second-order valence-corrected chi connectivity index (χ2v) is 9.49. The van der Waals surface area contributed by atoms with E-state index in [9.17, 15) is 30.8 Å². The zero-order valence-electron chi connectivity index (χ0n) is 16.3. The summed E-state index contributed by atoms with van der Waals surface area (Å²) >= 11 is 0. The Labute approximate surface area is 177 Å². The Morgan fingerprint density at radius 3 is 2.19 bits per heavy atom. The van der Waals surface area contributed by atoms with Gasteiger partial charge in [-0.15, -0.1) is 15.1 Å². The van der Waals surface area contributed by atoms with Gasteiger partial charge < -0.3 is 4.74 Å². The van der Waals surface area contributed by atoms with Crippen LogP contribution < -0.4 is 4.74 Å². The van der Waals surface area contributed by atoms with E-state index in [1.807, 2.05) is 6.92 Å². The van der Waals surface area contributed by atoms with Crippen molar-refractivity contribution in [2.75, 3.05) is 7.11 Å². The molecule has 11 nitrogen and oxygen atoms in total. The van der Waals surface area contributed by atoms with Crippen LogP contribution in [-0.2, 0) is 26.7 Å². The maximum Gasteiger partial charge on any atom is 0.296 e. The molecule has 0 bridgehead atoms. The van der Waals surface area contributed by atoms with Crippen LogP contribution in [0.25, 0.3) is 6.08 Å². The third kappa shape index (κ3) is 4.69. The lowest BCUT2D eigenvalue weighted by Gasteiger charge is -2.17. The van der Waals surface area contributed by atoms with Gasteiger partial charge in [-0.3, -0.25) is 9.11 Å². The number of azo groups is 1. The van der Waals surface area contributed by atoms with Crippen LogP contribution in [0, 0.1) is 4.91 Å². The second-order valence-electron chi connectivity index (χ2n) is 6.71. The van der Waals surface area contributed by atoms with Crippen LogP contribution in [0.1, 0.15) is 24.5 Å². The zero-order valence-corrected chi connectivity index (χ0v) is 17.9. The minimum Gasteiger partial charge on any atom is -0.497 e. The summed E-state index contributed by atoms with van der Waals surface area (Å²) < 4.78 is 71.3. The van der Waals surface area contributed by atoms with E-state index in [1.54, 1.807) is 6.08 Å². The molecule has 2 aromatic carbocycles. The van der Waals surface area contributed by atoms with E-state index in [1.165, 1.54) is 13.2 Å². The van der Waals surface area contributed by atoms with E-state index in [-0.39, 0.29) is 17.1 Å². The number of ether oxygens (including phenoxy) is 1. The molecule has 0 saturated carbocycles. The molecule has 2 aromatic rings. The van der Waals surface area contributed by atoms with Gasteiger partial charge in [0, 0.05) is 6.07 Å². The molecule has 0 unspecified atom stereocenters. The van der Waals surface area contributed by atoms with Gasteiger partial charge in [-0.05, 0) is 54.3 Å². The van der Waals surface area contributed by atoms with Crippen molar-refractivity contribution in [1.29, 1.82) is 0 Å². The smallest absolute Gasteiger partial charge is 0.296 e. The third-order valence-corrected chi connectivity index (χ3v) is 6.37. The number of allylic oxidation sites excluding steroid dienone is 1. The number of nitroso groups, excluding NO2 is 1. The molecule has 0 heterocycles. The highest BCUT2D eigenvalue weighted by atomic mass is 32.2. The number of rotatable bonds is 6. The predicted molar refractivity (Wildman–Crippen MR) is 111 cm³/mol. The fraction of sp³-hybridized carbons (Fsp3) is 0.222. The maximum atomic E-state index is 11.9. The summed E-state index contributed by atoms with van der Waals surface area (Å²) in [7, 11) is -8.29. The van der Waals surface area contributed by atoms with E-state index in [0.717, 1.165) is 23.8 Å². The van der Waals surface area contributed by atoms with Crippen molar-refractivity contribution in [3.63, 3.8) is 0 Å². The highest BCUT2D eigenvalue weighted by molar-refractivity contribution is 7.86. The molecule has 0 aliphatic heterocycles. The van der Waals surface area contributed by atoms with Crippen molar-refractivity contribution in [2.24, 2.45) is 15.4 Å². The minimum absolute atomic E-state index is 0.108. The normalized spacial score (nSPS) is 14.3. The van der Waals surface area contributed by atoms with Crippen LogP contribution in [0.4, 0.5) is 17.1 Å². The maximum absolute atomic E-state index is 11.9. The second kappa shape index (κ2) is 8.26. The van der Waals surface area contributed by atoms with Gasteiger partial charge in [0.2, 0.25) is 0 Å². The largest absolute Gasteiger partial charge is 0.497 e. The first kappa shape index (κ1) is 22.7. The lowest BCUT2D eigenvalue weighted by Crippen LogP contribution is -2.04. The topological polar surface area (TPSA) is 172 Å². The van der Waals surface area contributed by atoms with Crippen LogP contribution in [0.2, 0.25) is 0 Å². The van der Waals surface area contributed by atoms with Crippen molar-refractivity contribution in [2.45, 2.75) is 29.6 Å². The fourth-order valence-electron chi connectivity index (χ4n) is 3.15. The van der Waals surface area contributed by atoms with Crippen LogP contribution in [0.3, 0.4) is 0 Å². The van der Waals surface area contributed by atoms with Gasteiger partial charge in [-0.1, -0.05) is 11.6 Å². The molecular formula is C18H17N3O8S2. The Morgan fingerprint density at radius 2 is 1.61 bits per heavy atom. The standard InChI is InChI=1S/C18H17N3O8S2/c1-10-3-5-13-11(7-10)8-16(31(26,27)28)18(17(13)21-22)20-19-14-6-4-12(29-2)9-15(14)30(23,24)25/h4,6-9H,3,5H2,1-2H3,(H,23,24,25)(H,26,27,28). The molecule has 2 N–H and O–H groups in total. The van der Waals surface area contributed by atoms with Gasteiger partial charge in [0.1, 0.15) is 32.6 Å². The number of fused-ring (bicyclic) bond motifs is 1. The molecule has 0 atom stereocenters. The van der Waals surface area contributed by atoms with Gasteiger partial charge in [-0.25, -0.2) is 0 Å². The summed E-state index contributed by atoms with van der Waals surface area (Å²) in [6.07, 6.45) is 2.65. The summed E-state index contributed by atoms with van der Waals surface area (Å²) in [5.41, 5.74) is 0.534. The Bertz CT molecular complexity index is 1350. The Balaban J connectivity index is 2.28. The summed E-state index contributed by atoms with van der Waals surface area (Å²) in [6.45, 7) is 1.83. The fourth-order valence-corrected chi connectivity index (χ4v) is 4.45. The first-order valence-corrected chi connectivity index (χ1v) is 11.6. The van der Waals surface area contributed by atoms with Gasteiger partial charge >= 0.3 is 0 Å². The summed E-state index contributed by atoms with van der Waals surface area (Å²) in [5.74, 6) is 0.108. The first-order chi connectivity index (χ1) is 14.5. The van der Waals surface area contributed by atoms with E-state index < -0.39 is 35.7 Å². The van der Waals surface area contributed by atoms with Crippen molar-refractivity contribution < 1.29 is 30.7 Å². The molecule has 31 heavy (non-hydrogen) atoms. The molecule has 3 rings (SSSR count). The van der Waals surface area contributed by atoms with Crippen molar-refractivity contribution in [3.05, 3.63) is 45.9 Å². The average Bonchev–Trinajstić information content (AvgIpc) is 2.69. The Morgan fingerprint density at radius 1 is 0.935 bits per heavy atom. The lowest BCUT2D eigenvalue weighted by atomic mass is 9.91. The molecule has 0 aromatic heterocycles. The molecule has 1 aliphatic rings. The number of hydrogen-bond donors (Lipinski definition) is 2. The van der Waals surface area contributed by atoms with E-state index in [0.29, 0.717) is 24.0 Å². The quantitative estimate of drug-likeness (QED) is 0.358. The van der Waals surface area contributed by atoms with Gasteiger partial charge in [0.25, 0.3) is 20.2 Å². The van der Waals surface area contributed by atoms with Crippen LogP contribution in [0.15, 0.2) is 55.0 Å². The van der Waals surface area contributed by atoms with E-state index >= 15 is 0 Å². The van der Waals surface area contributed by atoms with E-state index in [2.05, 4.69) is 15.4 Å². The SMILES string of the molecule is COc1ccc(N=Nc2c(S(=O)(=O)O)cc3c(c2N=O)CCC(C)=C3)c(S(=O)(=O)O)c1. The van der Waals surface area contributed by atoms with Crippen molar-refractivity contribution in [3.8, 4) is 5.75 Å². The number of methoxy groups -OCH3 is 1. The molecule has 0 saturated heterocycles. The van der Waals surface area contributed by atoms with E-state index in [4.69, 9.17) is 4.74 Å². The third-order valence-electron chi connectivity index (χ3n) is 4.62. The molecule has 1 aliphatic carbocycles. The summed E-state index contributed by atoms with van der Waals surface area (Å²) in [6, 6.07) is 4.64. The Hall–Kier alpha value is -3.00. The van der Waals surface area contributed by atoms with Crippen molar-refractivity contribution in [1.82, 2.24) is 0 Å². The molecule has 0 radical (unpaired) electrons. The van der Waals surface area contributed by atoms with Crippen LogP contribution >= 0.6 is 0 Å². The molecule has 164 valence electrons. The Kier molecular flexibility index (Phi) is 6.04. The van der Waals surface area contributed by atoms with Crippen LogP contribution in [0.5, 0.6) is 5.75 Å². The zero-order chi connectivity index (χ0) is 23.0. The molecule has 13 heteroatoms. The number of benzene rings is 2. The lowest BCUT2D eigenvalue weighted by molar-refractivity contribution is 0.412. The van der Waals surface area contributed by atoms with Crippen molar-refractivity contribution >= 4 is 43.4 Å². The van der Waals surface area contributed by atoms with Gasteiger partial charge in [-0.2, -0.15) is 16.8 Å². The predicted octanol–water partition coefficient (Wildman–Crippen LogP) is 4.35. The minimum atomic E-state index is -4.84. The summed E-state index contributed by atoms with van der Waals surface area (Å²) in [4.78, 5) is 10.2. The number of nitrogens with zero attached hydrogens (tertiary/aromatic N) is 3. The van der Waals surface area contributed by atoms with Gasteiger partial charge in [0.05, 0.1) is 7.11 Å². The highest BCUT2D eigenvalue weighted by Crippen LogP contribution is 2.44. The number of hydrogen-bond acceptors (Lipinski definition) is 9. The first-order valence-electron chi connectivity index (χ1n) is 8.71. The molecule has 0 amide bonds. The highest BCUT2D eigenvalue weighted by Gasteiger charge is 2.27. The van der Waals surface area contributed by atoms with Gasteiger partial charge in [0.15, 0.2) is 0 Å². The van der Waals surface area contributed by atoms with Crippen LogP contribution in [-0.4, -0.2) is 33.1 Å². The molecular weight excluding hydrogens is 450 g/mol.